The molecule has 3 amide bonds. The molecule has 0 aliphatic rings. The van der Waals surface area contributed by atoms with Gasteiger partial charge in [0, 0.05) is 28.2 Å². The number of anilines is 2. The number of halogens is 1. The van der Waals surface area contributed by atoms with Crippen molar-refractivity contribution in [3.05, 3.63) is 59.2 Å². The Balaban J connectivity index is 1.67. The molecular weight excluding hydrogens is 407 g/mol. The van der Waals surface area contributed by atoms with Crippen molar-refractivity contribution >= 4 is 34.1 Å². The molecule has 0 saturated heterocycles. The Morgan fingerprint density at radius 3 is 2.50 bits per heavy atom. The van der Waals surface area contributed by atoms with Crippen LogP contribution in [0.2, 0.25) is 0 Å². The standard InChI is InChI=1S/C21H21FN4O3S/c1-12(2)23-20(28)24-15-7-4-13(5-8-15)19(27)26-21-25-17(11-30-21)16-10-14(22)6-9-18(16)29-3/h4-12H,1-3H3,(H2,23,24,28)(H,25,26,27). The number of hydrogen-bond acceptors (Lipinski definition) is 5. The quantitative estimate of drug-likeness (QED) is 0.529. The van der Waals surface area contributed by atoms with E-state index in [1.807, 2.05) is 13.8 Å². The van der Waals surface area contributed by atoms with Crippen LogP contribution in [0.1, 0.15) is 24.2 Å². The zero-order valence-corrected chi connectivity index (χ0v) is 17.5. The Labute approximate surface area is 177 Å². The first-order chi connectivity index (χ1) is 14.4. The molecule has 1 aromatic heterocycles. The van der Waals surface area contributed by atoms with Crippen LogP contribution in [0.5, 0.6) is 5.75 Å². The summed E-state index contributed by atoms with van der Waals surface area (Å²) in [5.41, 5.74) is 1.98. The predicted molar refractivity (Wildman–Crippen MR) is 116 cm³/mol. The van der Waals surface area contributed by atoms with Gasteiger partial charge in [-0.3, -0.25) is 10.1 Å². The second kappa shape index (κ2) is 9.36. The molecular formula is C21H21FN4O3S. The third-order valence-corrected chi connectivity index (χ3v) is 4.74. The molecule has 2 aromatic carbocycles. The summed E-state index contributed by atoms with van der Waals surface area (Å²) >= 11 is 1.22. The number of rotatable bonds is 6. The summed E-state index contributed by atoms with van der Waals surface area (Å²) in [5, 5.41) is 10.2. The molecule has 30 heavy (non-hydrogen) atoms. The second-order valence-corrected chi connectivity index (χ2v) is 7.53. The molecule has 156 valence electrons. The molecule has 3 rings (SSSR count). The largest absolute Gasteiger partial charge is 0.496 e. The molecule has 0 unspecified atom stereocenters. The fourth-order valence-corrected chi connectivity index (χ4v) is 3.34. The Bertz CT molecular complexity index is 1050. The van der Waals surface area contributed by atoms with Crippen LogP contribution in [0.4, 0.5) is 20.0 Å². The van der Waals surface area contributed by atoms with Crippen molar-refractivity contribution in [1.82, 2.24) is 10.3 Å². The van der Waals surface area contributed by atoms with Gasteiger partial charge in [-0.1, -0.05) is 0 Å². The SMILES string of the molecule is COc1ccc(F)cc1-c1csc(NC(=O)c2ccc(NC(=O)NC(C)C)cc2)n1. The number of nitrogens with zero attached hydrogens (tertiary/aromatic N) is 1. The highest BCUT2D eigenvalue weighted by Crippen LogP contribution is 2.32. The van der Waals surface area contributed by atoms with Gasteiger partial charge >= 0.3 is 6.03 Å². The van der Waals surface area contributed by atoms with Gasteiger partial charge < -0.3 is 15.4 Å². The number of amides is 3. The average molecular weight is 428 g/mol. The highest BCUT2D eigenvalue weighted by Gasteiger charge is 2.14. The zero-order chi connectivity index (χ0) is 21.7. The monoisotopic (exact) mass is 428 g/mol. The molecule has 0 atom stereocenters. The van der Waals surface area contributed by atoms with E-state index in [0.717, 1.165) is 0 Å². The fraction of sp³-hybridized carbons (Fsp3) is 0.190. The Morgan fingerprint density at radius 1 is 1.10 bits per heavy atom. The maximum atomic E-state index is 13.6. The lowest BCUT2D eigenvalue weighted by Crippen LogP contribution is -2.34. The minimum Gasteiger partial charge on any atom is -0.496 e. The van der Waals surface area contributed by atoms with Gasteiger partial charge in [-0.25, -0.2) is 14.2 Å². The van der Waals surface area contributed by atoms with Gasteiger partial charge in [0.1, 0.15) is 11.6 Å². The van der Waals surface area contributed by atoms with Crippen LogP contribution in [0.25, 0.3) is 11.3 Å². The summed E-state index contributed by atoms with van der Waals surface area (Å²) in [6.07, 6.45) is 0. The van der Waals surface area contributed by atoms with E-state index in [-0.39, 0.29) is 18.0 Å². The topological polar surface area (TPSA) is 92.4 Å². The summed E-state index contributed by atoms with van der Waals surface area (Å²) in [5.74, 6) is -0.260. The van der Waals surface area contributed by atoms with E-state index in [9.17, 15) is 14.0 Å². The van der Waals surface area contributed by atoms with Crippen molar-refractivity contribution in [2.24, 2.45) is 0 Å². The van der Waals surface area contributed by atoms with Crippen LogP contribution in [0, 0.1) is 5.82 Å². The van der Waals surface area contributed by atoms with Crippen LogP contribution < -0.4 is 20.7 Å². The summed E-state index contributed by atoms with van der Waals surface area (Å²) in [6.45, 7) is 3.73. The van der Waals surface area contributed by atoms with E-state index >= 15 is 0 Å². The molecule has 1 heterocycles. The molecule has 9 heteroatoms. The van der Waals surface area contributed by atoms with Crippen molar-refractivity contribution in [2.75, 3.05) is 17.7 Å². The third-order valence-electron chi connectivity index (χ3n) is 3.99. The molecule has 0 saturated carbocycles. The number of urea groups is 1. The molecule has 3 N–H and O–H groups in total. The van der Waals surface area contributed by atoms with E-state index in [1.165, 1.54) is 36.6 Å². The number of hydrogen-bond donors (Lipinski definition) is 3. The van der Waals surface area contributed by atoms with Crippen LogP contribution >= 0.6 is 11.3 Å². The van der Waals surface area contributed by atoms with Gasteiger partial charge in [-0.2, -0.15) is 0 Å². The summed E-state index contributed by atoms with van der Waals surface area (Å²) in [6, 6.07) is 10.4. The van der Waals surface area contributed by atoms with Crippen molar-refractivity contribution < 1.29 is 18.7 Å². The first-order valence-corrected chi connectivity index (χ1v) is 10.0. The van der Waals surface area contributed by atoms with Crippen molar-refractivity contribution in [1.29, 1.82) is 0 Å². The van der Waals surface area contributed by atoms with Gasteiger partial charge in [0.15, 0.2) is 5.13 Å². The Hall–Kier alpha value is -3.46. The third kappa shape index (κ3) is 5.32. The minimum absolute atomic E-state index is 0.0191. The summed E-state index contributed by atoms with van der Waals surface area (Å²) < 4.78 is 18.9. The van der Waals surface area contributed by atoms with Crippen LogP contribution in [-0.2, 0) is 0 Å². The molecule has 3 aromatic rings. The number of methoxy groups -OCH3 is 1. The first-order valence-electron chi connectivity index (χ1n) is 9.14. The van der Waals surface area contributed by atoms with E-state index < -0.39 is 5.82 Å². The number of benzene rings is 2. The molecule has 0 radical (unpaired) electrons. The van der Waals surface area contributed by atoms with E-state index in [2.05, 4.69) is 20.9 Å². The Kier molecular flexibility index (Phi) is 6.63. The molecule has 0 bridgehead atoms. The first kappa shape index (κ1) is 21.3. The number of ether oxygens (including phenoxy) is 1. The number of aromatic nitrogens is 1. The Morgan fingerprint density at radius 2 is 1.83 bits per heavy atom. The van der Waals surface area contributed by atoms with Gasteiger partial charge in [0.2, 0.25) is 0 Å². The highest BCUT2D eigenvalue weighted by atomic mass is 32.1. The van der Waals surface area contributed by atoms with E-state index in [1.54, 1.807) is 29.6 Å². The van der Waals surface area contributed by atoms with Crippen molar-refractivity contribution in [2.45, 2.75) is 19.9 Å². The average Bonchev–Trinajstić information content (AvgIpc) is 3.16. The lowest BCUT2D eigenvalue weighted by molar-refractivity contribution is 0.102. The molecule has 0 spiro atoms. The number of nitrogens with one attached hydrogen (secondary N) is 3. The van der Waals surface area contributed by atoms with Crippen molar-refractivity contribution in [3.8, 4) is 17.0 Å². The fourth-order valence-electron chi connectivity index (χ4n) is 2.64. The predicted octanol–water partition coefficient (Wildman–Crippen LogP) is 4.74. The maximum Gasteiger partial charge on any atom is 0.319 e. The van der Waals surface area contributed by atoms with Gasteiger partial charge in [-0.05, 0) is 56.3 Å². The van der Waals surface area contributed by atoms with Gasteiger partial charge in [0.05, 0.1) is 12.8 Å². The molecule has 0 aliphatic heterocycles. The highest BCUT2D eigenvalue weighted by molar-refractivity contribution is 7.14. The normalized spacial score (nSPS) is 10.6. The lowest BCUT2D eigenvalue weighted by Gasteiger charge is -2.10. The number of carbonyl (C=O) groups excluding carboxylic acids is 2. The molecule has 0 fully saturated rings. The van der Waals surface area contributed by atoms with Gasteiger partial charge in [-0.15, -0.1) is 11.3 Å². The lowest BCUT2D eigenvalue weighted by atomic mass is 10.1. The minimum atomic E-state index is -0.403. The van der Waals surface area contributed by atoms with Crippen LogP contribution in [0.3, 0.4) is 0 Å². The van der Waals surface area contributed by atoms with E-state index in [4.69, 9.17) is 4.74 Å². The zero-order valence-electron chi connectivity index (χ0n) is 16.7. The van der Waals surface area contributed by atoms with Crippen LogP contribution in [-0.4, -0.2) is 30.1 Å². The summed E-state index contributed by atoms with van der Waals surface area (Å²) in [4.78, 5) is 28.6. The maximum absolute atomic E-state index is 13.6. The number of carbonyl (C=O) groups is 2. The van der Waals surface area contributed by atoms with Gasteiger partial charge in [0.25, 0.3) is 5.91 Å². The van der Waals surface area contributed by atoms with Crippen molar-refractivity contribution in [3.63, 3.8) is 0 Å². The smallest absolute Gasteiger partial charge is 0.319 e. The van der Waals surface area contributed by atoms with Crippen LogP contribution in [0.15, 0.2) is 47.8 Å². The molecule has 0 aliphatic carbocycles. The molecule has 7 nitrogen and oxygen atoms in total. The summed E-state index contributed by atoms with van der Waals surface area (Å²) in [7, 11) is 1.50. The number of thiazole rings is 1. The second-order valence-electron chi connectivity index (χ2n) is 6.67. The van der Waals surface area contributed by atoms with E-state index in [0.29, 0.717) is 33.4 Å².